The monoisotopic (exact) mass is 225 g/mol. The minimum atomic E-state index is -0.495. The number of rotatable bonds is 4. The van der Waals surface area contributed by atoms with Crippen molar-refractivity contribution < 1.29 is 8.78 Å². The predicted octanol–water partition coefficient (Wildman–Crippen LogP) is 2.90. The van der Waals surface area contributed by atoms with Crippen LogP contribution in [-0.2, 0) is 6.42 Å². The fourth-order valence-electron chi connectivity index (χ4n) is 2.21. The molecule has 0 aliphatic heterocycles. The van der Waals surface area contributed by atoms with Crippen molar-refractivity contribution in [1.29, 1.82) is 0 Å². The number of benzene rings is 1. The van der Waals surface area contributed by atoms with E-state index in [1.165, 1.54) is 25.0 Å². The molecule has 1 unspecified atom stereocenters. The number of likely N-dealkylation sites (N-methyl/N-ethyl adjacent to an activating group) is 1. The van der Waals surface area contributed by atoms with Crippen molar-refractivity contribution >= 4 is 0 Å². The molecule has 0 amide bonds. The summed E-state index contributed by atoms with van der Waals surface area (Å²) in [5, 5.41) is 3.25. The van der Waals surface area contributed by atoms with Crippen LogP contribution in [-0.4, -0.2) is 13.1 Å². The minimum Gasteiger partial charge on any atom is -0.316 e. The lowest BCUT2D eigenvalue weighted by Crippen LogP contribution is -2.35. The average Bonchev–Trinajstić information content (AvgIpc) is 2.92. The first-order valence-electron chi connectivity index (χ1n) is 5.66. The number of halogens is 2. The Hall–Kier alpha value is -0.960. The summed E-state index contributed by atoms with van der Waals surface area (Å²) in [6.07, 6.45) is 3.06. The van der Waals surface area contributed by atoms with Gasteiger partial charge in [0.2, 0.25) is 0 Å². The molecule has 1 N–H and O–H groups in total. The van der Waals surface area contributed by atoms with Crippen LogP contribution in [0.4, 0.5) is 8.78 Å². The summed E-state index contributed by atoms with van der Waals surface area (Å²) in [4.78, 5) is 0. The second kappa shape index (κ2) is 4.13. The van der Waals surface area contributed by atoms with E-state index >= 15 is 0 Å². The minimum absolute atomic E-state index is 0.300. The fraction of sp³-hybridized carbons (Fsp3) is 0.538. The normalized spacial score (nSPS) is 19.5. The van der Waals surface area contributed by atoms with Gasteiger partial charge < -0.3 is 5.32 Å². The molecular weight excluding hydrogens is 208 g/mol. The molecule has 1 nitrogen and oxygen atoms in total. The molecule has 16 heavy (non-hydrogen) atoms. The molecule has 1 saturated carbocycles. The van der Waals surface area contributed by atoms with E-state index in [0.29, 0.717) is 17.9 Å². The maximum Gasteiger partial charge on any atom is 0.126 e. The van der Waals surface area contributed by atoms with E-state index in [4.69, 9.17) is 0 Å². The van der Waals surface area contributed by atoms with Crippen molar-refractivity contribution in [3.63, 3.8) is 0 Å². The van der Waals surface area contributed by atoms with Gasteiger partial charge in [0.25, 0.3) is 0 Å². The highest BCUT2D eigenvalue weighted by atomic mass is 19.1. The van der Waals surface area contributed by atoms with E-state index in [1.807, 2.05) is 7.05 Å². The van der Waals surface area contributed by atoms with Crippen LogP contribution in [0.25, 0.3) is 0 Å². The summed E-state index contributed by atoms with van der Waals surface area (Å²) in [5.41, 5.74) is 1.03. The first-order chi connectivity index (χ1) is 7.53. The molecule has 1 aliphatic carbocycles. The number of nitrogens with one attached hydrogen (secondary N) is 1. The standard InChI is InChI=1S/C13H17F2N/c1-13(3-4-13)12(16-2)7-9-5-10(14)8-11(15)6-9/h5-6,8,12,16H,3-4,7H2,1-2H3. The zero-order valence-corrected chi connectivity index (χ0v) is 9.69. The highest BCUT2D eigenvalue weighted by molar-refractivity contribution is 5.20. The predicted molar refractivity (Wildman–Crippen MR) is 60.3 cm³/mol. The number of hydrogen-bond acceptors (Lipinski definition) is 1. The van der Waals surface area contributed by atoms with Gasteiger partial charge in [0.1, 0.15) is 11.6 Å². The first-order valence-corrected chi connectivity index (χ1v) is 5.66. The average molecular weight is 225 g/mol. The molecule has 0 heterocycles. The van der Waals surface area contributed by atoms with E-state index in [-0.39, 0.29) is 0 Å². The lowest BCUT2D eigenvalue weighted by atomic mass is 9.92. The molecule has 1 aromatic rings. The molecule has 0 aromatic heterocycles. The topological polar surface area (TPSA) is 12.0 Å². The lowest BCUT2D eigenvalue weighted by Gasteiger charge is -2.23. The maximum atomic E-state index is 13.0. The molecule has 1 aliphatic rings. The summed E-state index contributed by atoms with van der Waals surface area (Å²) in [7, 11) is 1.91. The van der Waals surface area contributed by atoms with Crippen LogP contribution in [0.2, 0.25) is 0 Å². The van der Waals surface area contributed by atoms with E-state index < -0.39 is 11.6 Å². The van der Waals surface area contributed by atoms with Crippen LogP contribution in [0.15, 0.2) is 18.2 Å². The van der Waals surface area contributed by atoms with Crippen molar-refractivity contribution in [2.45, 2.75) is 32.2 Å². The fourth-order valence-corrected chi connectivity index (χ4v) is 2.21. The summed E-state index contributed by atoms with van der Waals surface area (Å²) in [6.45, 7) is 2.21. The van der Waals surface area contributed by atoms with Crippen molar-refractivity contribution in [2.24, 2.45) is 5.41 Å². The Bertz CT molecular complexity index is 365. The van der Waals surface area contributed by atoms with Crippen LogP contribution in [0.1, 0.15) is 25.3 Å². The van der Waals surface area contributed by atoms with Crippen LogP contribution in [0.5, 0.6) is 0 Å². The zero-order chi connectivity index (χ0) is 11.8. The van der Waals surface area contributed by atoms with Gasteiger partial charge in [0.05, 0.1) is 0 Å². The highest BCUT2D eigenvalue weighted by Gasteiger charge is 2.43. The van der Waals surface area contributed by atoms with E-state index in [0.717, 1.165) is 11.6 Å². The van der Waals surface area contributed by atoms with Gasteiger partial charge in [-0.1, -0.05) is 6.92 Å². The zero-order valence-electron chi connectivity index (χ0n) is 9.69. The van der Waals surface area contributed by atoms with E-state index in [1.54, 1.807) is 0 Å². The van der Waals surface area contributed by atoms with Crippen LogP contribution >= 0.6 is 0 Å². The third-order valence-corrected chi connectivity index (χ3v) is 3.59. The Labute approximate surface area is 94.9 Å². The molecular formula is C13H17F2N. The Kier molecular flexibility index (Phi) is 2.98. The SMILES string of the molecule is CNC(Cc1cc(F)cc(F)c1)C1(C)CC1. The summed E-state index contributed by atoms with van der Waals surface area (Å²) >= 11 is 0. The molecule has 0 saturated heterocycles. The van der Waals surface area contributed by atoms with Crippen LogP contribution in [0, 0.1) is 17.0 Å². The van der Waals surface area contributed by atoms with Gasteiger partial charge in [-0.3, -0.25) is 0 Å². The van der Waals surface area contributed by atoms with E-state index in [9.17, 15) is 8.78 Å². The number of hydrogen-bond donors (Lipinski definition) is 1. The summed E-state index contributed by atoms with van der Waals surface area (Å²) in [6, 6.07) is 4.04. The quantitative estimate of drug-likeness (QED) is 0.830. The second-order valence-electron chi connectivity index (χ2n) is 4.98. The third kappa shape index (κ3) is 2.40. The summed E-state index contributed by atoms with van der Waals surface area (Å²) < 4.78 is 26.1. The third-order valence-electron chi connectivity index (χ3n) is 3.59. The summed E-state index contributed by atoms with van der Waals surface area (Å²) in [5.74, 6) is -0.989. The van der Waals surface area contributed by atoms with Crippen molar-refractivity contribution in [3.8, 4) is 0 Å². The Morgan fingerprint density at radius 2 is 1.81 bits per heavy atom. The highest BCUT2D eigenvalue weighted by Crippen LogP contribution is 2.48. The first kappa shape index (κ1) is 11.5. The Morgan fingerprint density at radius 3 is 2.25 bits per heavy atom. The molecule has 0 spiro atoms. The molecule has 1 aromatic carbocycles. The smallest absolute Gasteiger partial charge is 0.126 e. The van der Waals surface area contributed by atoms with Gasteiger partial charge >= 0.3 is 0 Å². The van der Waals surface area contributed by atoms with E-state index in [2.05, 4.69) is 12.2 Å². The Morgan fingerprint density at radius 1 is 1.25 bits per heavy atom. The molecule has 1 fully saturated rings. The van der Waals surface area contributed by atoms with Crippen LogP contribution < -0.4 is 5.32 Å². The lowest BCUT2D eigenvalue weighted by molar-refractivity contribution is 0.375. The Balaban J connectivity index is 2.12. The van der Waals surface area contributed by atoms with Gasteiger partial charge in [0.15, 0.2) is 0 Å². The molecule has 3 heteroatoms. The van der Waals surface area contributed by atoms with Crippen molar-refractivity contribution in [3.05, 3.63) is 35.4 Å². The molecule has 0 radical (unpaired) electrons. The van der Waals surface area contributed by atoms with Crippen LogP contribution in [0.3, 0.4) is 0 Å². The van der Waals surface area contributed by atoms with Gasteiger partial charge in [-0.05, 0) is 49.4 Å². The van der Waals surface area contributed by atoms with Gasteiger partial charge in [-0.15, -0.1) is 0 Å². The molecule has 0 bridgehead atoms. The molecule has 2 rings (SSSR count). The maximum absolute atomic E-state index is 13.0. The molecule has 88 valence electrons. The van der Waals surface area contributed by atoms with Crippen molar-refractivity contribution in [1.82, 2.24) is 5.32 Å². The van der Waals surface area contributed by atoms with Gasteiger partial charge in [-0.25, -0.2) is 8.78 Å². The largest absolute Gasteiger partial charge is 0.316 e. The van der Waals surface area contributed by atoms with Gasteiger partial charge in [0, 0.05) is 12.1 Å². The molecule has 1 atom stereocenters. The second-order valence-corrected chi connectivity index (χ2v) is 4.98. The van der Waals surface area contributed by atoms with Gasteiger partial charge in [-0.2, -0.15) is 0 Å². The van der Waals surface area contributed by atoms with Crippen molar-refractivity contribution in [2.75, 3.05) is 7.05 Å².